The molecule has 1 aromatic carbocycles. The van der Waals surface area contributed by atoms with E-state index in [1.165, 1.54) is 0 Å². The lowest BCUT2D eigenvalue weighted by atomic mass is 10.0. The molecule has 0 aliphatic carbocycles. The molecule has 0 aliphatic heterocycles. The molecule has 0 bridgehead atoms. The van der Waals surface area contributed by atoms with Crippen molar-refractivity contribution < 1.29 is 26.7 Å². The van der Waals surface area contributed by atoms with Gasteiger partial charge < -0.3 is 0 Å². The van der Waals surface area contributed by atoms with Gasteiger partial charge in [0.2, 0.25) is 0 Å². The zero-order chi connectivity index (χ0) is 13.1. The molecule has 0 N–H and O–H groups in total. The fraction of sp³-hybridized carbons (Fsp3) is 0.364. The quantitative estimate of drug-likeness (QED) is 0.750. The fourth-order valence-corrected chi connectivity index (χ4v) is 1.26. The molecule has 0 amide bonds. The van der Waals surface area contributed by atoms with Gasteiger partial charge in [-0.2, -0.15) is 13.2 Å². The Labute approximate surface area is 94.2 Å². The second-order valence-corrected chi connectivity index (χ2v) is 3.57. The molecule has 0 aliphatic rings. The highest BCUT2D eigenvalue weighted by molar-refractivity contribution is 5.80. The Kier molecular flexibility index (Phi) is 4.20. The largest absolute Gasteiger partial charge is 0.389 e. The van der Waals surface area contributed by atoms with Crippen molar-refractivity contribution in [2.75, 3.05) is 0 Å². The van der Waals surface area contributed by atoms with Crippen LogP contribution in [0.15, 0.2) is 18.2 Å². The standard InChI is InChI=1S/C11H9F5O/c12-8-1-2-10(13)7(5-8)6-9(17)3-4-11(14,15)16/h1-2,5H,3-4,6H2. The fourth-order valence-electron chi connectivity index (χ4n) is 1.26. The van der Waals surface area contributed by atoms with Crippen LogP contribution in [0.3, 0.4) is 0 Å². The summed E-state index contributed by atoms with van der Waals surface area (Å²) in [6.45, 7) is 0. The Bertz CT molecular complexity index is 411. The molecule has 0 atom stereocenters. The smallest absolute Gasteiger partial charge is 0.299 e. The summed E-state index contributed by atoms with van der Waals surface area (Å²) in [5.41, 5.74) is -0.225. The Morgan fingerprint density at radius 2 is 1.82 bits per heavy atom. The second kappa shape index (κ2) is 5.25. The number of halogens is 5. The van der Waals surface area contributed by atoms with E-state index >= 15 is 0 Å². The summed E-state index contributed by atoms with van der Waals surface area (Å²) in [5.74, 6) is -2.30. The van der Waals surface area contributed by atoms with E-state index in [1.54, 1.807) is 0 Å². The van der Waals surface area contributed by atoms with Crippen molar-refractivity contribution in [3.05, 3.63) is 35.4 Å². The predicted molar refractivity (Wildman–Crippen MR) is 50.4 cm³/mol. The van der Waals surface area contributed by atoms with E-state index in [4.69, 9.17) is 0 Å². The van der Waals surface area contributed by atoms with Gasteiger partial charge in [0.1, 0.15) is 17.4 Å². The zero-order valence-corrected chi connectivity index (χ0v) is 8.65. The van der Waals surface area contributed by atoms with Crippen LogP contribution < -0.4 is 0 Å². The number of carbonyl (C=O) groups excluding carboxylic acids is 1. The van der Waals surface area contributed by atoms with E-state index in [0.29, 0.717) is 0 Å². The molecule has 1 nitrogen and oxygen atoms in total. The van der Waals surface area contributed by atoms with Crippen molar-refractivity contribution in [1.29, 1.82) is 0 Å². The maximum Gasteiger partial charge on any atom is 0.389 e. The number of carbonyl (C=O) groups is 1. The molecule has 0 saturated carbocycles. The highest BCUT2D eigenvalue weighted by Gasteiger charge is 2.27. The number of benzene rings is 1. The van der Waals surface area contributed by atoms with Crippen molar-refractivity contribution >= 4 is 5.78 Å². The first-order valence-electron chi connectivity index (χ1n) is 4.80. The predicted octanol–water partition coefficient (Wildman–Crippen LogP) is 3.42. The Morgan fingerprint density at radius 1 is 1.18 bits per heavy atom. The van der Waals surface area contributed by atoms with Crippen LogP contribution in [-0.4, -0.2) is 12.0 Å². The number of alkyl halides is 3. The van der Waals surface area contributed by atoms with E-state index in [-0.39, 0.29) is 5.56 Å². The van der Waals surface area contributed by atoms with Gasteiger partial charge in [0, 0.05) is 12.8 Å². The minimum Gasteiger partial charge on any atom is -0.299 e. The maximum atomic E-state index is 13.1. The van der Waals surface area contributed by atoms with Gasteiger partial charge in [-0.05, 0) is 23.8 Å². The van der Waals surface area contributed by atoms with Crippen molar-refractivity contribution in [2.24, 2.45) is 0 Å². The Morgan fingerprint density at radius 3 is 2.41 bits per heavy atom. The molecule has 0 fully saturated rings. The summed E-state index contributed by atoms with van der Waals surface area (Å²) in [7, 11) is 0. The number of rotatable bonds is 4. The SMILES string of the molecule is O=C(CCC(F)(F)F)Cc1cc(F)ccc1F. The Hall–Kier alpha value is -1.46. The number of Topliss-reactive ketones (excluding diaryl/α,β-unsaturated/α-hetero) is 1. The Balaban J connectivity index is 2.59. The van der Waals surface area contributed by atoms with E-state index in [0.717, 1.165) is 18.2 Å². The first kappa shape index (κ1) is 13.6. The van der Waals surface area contributed by atoms with Crippen molar-refractivity contribution in [3.8, 4) is 0 Å². The van der Waals surface area contributed by atoms with Gasteiger partial charge in [-0.1, -0.05) is 0 Å². The lowest BCUT2D eigenvalue weighted by Gasteiger charge is -2.06. The van der Waals surface area contributed by atoms with Crippen molar-refractivity contribution in [2.45, 2.75) is 25.4 Å². The topological polar surface area (TPSA) is 17.1 Å². The first-order chi connectivity index (χ1) is 7.78. The minimum absolute atomic E-state index is 0.225. The number of ketones is 1. The third-order valence-electron chi connectivity index (χ3n) is 2.08. The van der Waals surface area contributed by atoms with Crippen LogP contribution in [0.5, 0.6) is 0 Å². The molecular formula is C11H9F5O. The molecule has 1 rings (SSSR count). The van der Waals surface area contributed by atoms with Crippen LogP contribution in [0.25, 0.3) is 0 Å². The van der Waals surface area contributed by atoms with Crippen molar-refractivity contribution in [1.82, 2.24) is 0 Å². The van der Waals surface area contributed by atoms with Gasteiger partial charge in [0.05, 0.1) is 6.42 Å². The molecule has 17 heavy (non-hydrogen) atoms. The van der Waals surface area contributed by atoms with Crippen LogP contribution >= 0.6 is 0 Å². The summed E-state index contributed by atoms with van der Waals surface area (Å²) in [6, 6.07) is 2.52. The van der Waals surface area contributed by atoms with Crippen LogP contribution in [-0.2, 0) is 11.2 Å². The highest BCUT2D eigenvalue weighted by atomic mass is 19.4. The van der Waals surface area contributed by atoms with Gasteiger partial charge in [0.15, 0.2) is 0 Å². The molecule has 0 unspecified atom stereocenters. The first-order valence-corrected chi connectivity index (χ1v) is 4.80. The van der Waals surface area contributed by atoms with E-state index in [9.17, 15) is 26.7 Å². The van der Waals surface area contributed by atoms with Gasteiger partial charge in [-0.25, -0.2) is 8.78 Å². The van der Waals surface area contributed by atoms with E-state index < -0.39 is 42.9 Å². The van der Waals surface area contributed by atoms with Crippen LogP contribution in [0.2, 0.25) is 0 Å². The zero-order valence-electron chi connectivity index (χ0n) is 8.65. The molecular weight excluding hydrogens is 243 g/mol. The average molecular weight is 252 g/mol. The maximum absolute atomic E-state index is 13.1. The van der Waals surface area contributed by atoms with E-state index in [2.05, 4.69) is 0 Å². The molecule has 0 radical (unpaired) electrons. The van der Waals surface area contributed by atoms with Crippen LogP contribution in [0, 0.1) is 11.6 Å². The summed E-state index contributed by atoms with van der Waals surface area (Å²) in [4.78, 5) is 11.1. The molecule has 1 aromatic rings. The summed E-state index contributed by atoms with van der Waals surface area (Å²) >= 11 is 0. The summed E-state index contributed by atoms with van der Waals surface area (Å²) in [5, 5.41) is 0. The van der Waals surface area contributed by atoms with Crippen molar-refractivity contribution in [3.63, 3.8) is 0 Å². The minimum atomic E-state index is -4.42. The third kappa shape index (κ3) is 4.93. The van der Waals surface area contributed by atoms with Gasteiger partial charge in [0.25, 0.3) is 0 Å². The third-order valence-corrected chi connectivity index (χ3v) is 2.08. The van der Waals surface area contributed by atoms with Crippen LogP contribution in [0.4, 0.5) is 22.0 Å². The number of hydrogen-bond acceptors (Lipinski definition) is 1. The summed E-state index contributed by atoms with van der Waals surface area (Å²) in [6.07, 6.45) is -6.92. The monoisotopic (exact) mass is 252 g/mol. The van der Waals surface area contributed by atoms with Gasteiger partial charge in [-0.3, -0.25) is 4.79 Å². The summed E-state index contributed by atoms with van der Waals surface area (Å²) < 4.78 is 61.2. The molecule has 0 spiro atoms. The number of hydrogen-bond donors (Lipinski definition) is 0. The average Bonchev–Trinajstić information content (AvgIpc) is 2.20. The molecule has 0 aromatic heterocycles. The highest BCUT2D eigenvalue weighted by Crippen LogP contribution is 2.22. The van der Waals surface area contributed by atoms with Gasteiger partial charge >= 0.3 is 6.18 Å². The molecule has 0 heterocycles. The molecule has 0 saturated heterocycles. The molecule has 6 heteroatoms. The lowest BCUT2D eigenvalue weighted by molar-refractivity contribution is -0.143. The normalized spacial score (nSPS) is 11.6. The molecule has 94 valence electrons. The van der Waals surface area contributed by atoms with Crippen LogP contribution in [0.1, 0.15) is 18.4 Å². The second-order valence-electron chi connectivity index (χ2n) is 3.57. The van der Waals surface area contributed by atoms with E-state index in [1.807, 2.05) is 0 Å². The van der Waals surface area contributed by atoms with Gasteiger partial charge in [-0.15, -0.1) is 0 Å². The lowest BCUT2D eigenvalue weighted by Crippen LogP contribution is -2.12.